The fourth-order valence-corrected chi connectivity index (χ4v) is 3.13. The molecule has 2 aromatic heterocycles. The maximum Gasteiger partial charge on any atom is 0.420 e. The number of nitrogens with zero attached hydrogens (tertiary/aromatic N) is 3. The van der Waals surface area contributed by atoms with Crippen LogP contribution in [0.1, 0.15) is 6.92 Å². The monoisotopic (exact) mass is 378 g/mol. The van der Waals surface area contributed by atoms with E-state index in [0.29, 0.717) is 29.4 Å². The highest BCUT2D eigenvalue weighted by Gasteiger charge is 2.61. The largest absolute Gasteiger partial charge is 0.494 e. The summed E-state index contributed by atoms with van der Waals surface area (Å²) in [5.74, 6) is 1.07. The smallest absolute Gasteiger partial charge is 0.420 e. The molecule has 0 atom stereocenters. The summed E-state index contributed by atoms with van der Waals surface area (Å²) in [7, 11) is 0. The molecule has 2 N–H and O–H groups in total. The van der Waals surface area contributed by atoms with Gasteiger partial charge in [0.1, 0.15) is 17.3 Å². The number of ether oxygens (including phenoxy) is 1. The van der Waals surface area contributed by atoms with Crippen LogP contribution in [0.4, 0.5) is 19.0 Å². The van der Waals surface area contributed by atoms with Crippen LogP contribution in [-0.4, -0.2) is 51.8 Å². The molecule has 1 aliphatic rings. The van der Waals surface area contributed by atoms with Crippen molar-refractivity contribution in [3.05, 3.63) is 36.5 Å². The van der Waals surface area contributed by atoms with E-state index >= 15 is 0 Å². The normalized spacial score (nSPS) is 16.4. The number of aromatic amines is 1. The minimum absolute atomic E-state index is 0.360. The molecular weight excluding hydrogens is 361 g/mol. The molecule has 1 aliphatic heterocycles. The fourth-order valence-electron chi connectivity index (χ4n) is 3.13. The van der Waals surface area contributed by atoms with Crippen molar-refractivity contribution < 1.29 is 23.0 Å². The summed E-state index contributed by atoms with van der Waals surface area (Å²) in [6, 6.07) is 8.96. The van der Waals surface area contributed by atoms with Gasteiger partial charge >= 0.3 is 6.18 Å². The quantitative estimate of drug-likeness (QED) is 0.730. The van der Waals surface area contributed by atoms with Crippen molar-refractivity contribution in [1.82, 2.24) is 15.2 Å². The van der Waals surface area contributed by atoms with Crippen LogP contribution in [0.15, 0.2) is 36.5 Å². The Balaban J connectivity index is 1.64. The summed E-state index contributed by atoms with van der Waals surface area (Å²) in [5, 5.41) is 17.7. The zero-order chi connectivity index (χ0) is 19.2. The van der Waals surface area contributed by atoms with Gasteiger partial charge in [-0.05, 0) is 37.3 Å². The predicted octanol–water partition coefficient (Wildman–Crippen LogP) is 3.14. The molecule has 3 heterocycles. The number of H-pyrrole nitrogens is 1. The number of rotatable bonds is 4. The van der Waals surface area contributed by atoms with Crippen molar-refractivity contribution in [2.75, 3.05) is 24.6 Å². The number of anilines is 1. The number of halogens is 3. The van der Waals surface area contributed by atoms with E-state index in [2.05, 4.69) is 15.2 Å². The number of aliphatic hydroxyl groups is 1. The number of fused-ring (bicyclic) bond motifs is 1. The number of nitrogens with one attached hydrogen (secondary N) is 1. The summed E-state index contributed by atoms with van der Waals surface area (Å²) in [5.41, 5.74) is -0.498. The third-order valence-corrected chi connectivity index (χ3v) is 4.62. The molecule has 0 amide bonds. The molecule has 1 fully saturated rings. The highest BCUT2D eigenvalue weighted by atomic mass is 19.4. The molecule has 27 heavy (non-hydrogen) atoms. The van der Waals surface area contributed by atoms with Crippen molar-refractivity contribution in [3.63, 3.8) is 0 Å². The van der Waals surface area contributed by atoms with Crippen molar-refractivity contribution in [1.29, 1.82) is 0 Å². The van der Waals surface area contributed by atoms with Gasteiger partial charge in [0.05, 0.1) is 25.2 Å². The highest BCUT2D eigenvalue weighted by Crippen LogP contribution is 2.40. The number of alkyl halides is 3. The van der Waals surface area contributed by atoms with E-state index in [1.54, 1.807) is 12.1 Å². The van der Waals surface area contributed by atoms with Crippen molar-refractivity contribution in [2.24, 2.45) is 0 Å². The molecule has 0 aliphatic carbocycles. The van der Waals surface area contributed by atoms with Gasteiger partial charge in [-0.15, -0.1) is 0 Å². The van der Waals surface area contributed by atoms with Crippen LogP contribution in [0, 0.1) is 0 Å². The topological polar surface area (TPSA) is 74.3 Å². The Kier molecular flexibility index (Phi) is 3.99. The summed E-state index contributed by atoms with van der Waals surface area (Å²) < 4.78 is 44.0. The van der Waals surface area contributed by atoms with Gasteiger partial charge in [0.15, 0.2) is 5.60 Å². The molecule has 1 aromatic carbocycles. The lowest BCUT2D eigenvalue weighted by Gasteiger charge is -2.47. The van der Waals surface area contributed by atoms with E-state index in [9.17, 15) is 18.3 Å². The van der Waals surface area contributed by atoms with Gasteiger partial charge in [-0.1, -0.05) is 0 Å². The van der Waals surface area contributed by atoms with Crippen LogP contribution in [0.5, 0.6) is 5.75 Å². The molecule has 3 aromatic rings. The zero-order valence-corrected chi connectivity index (χ0v) is 14.4. The number of hydrogen-bond acceptors (Lipinski definition) is 5. The van der Waals surface area contributed by atoms with Gasteiger partial charge in [0, 0.05) is 17.1 Å². The van der Waals surface area contributed by atoms with Crippen molar-refractivity contribution in [2.45, 2.75) is 18.7 Å². The average molecular weight is 378 g/mol. The van der Waals surface area contributed by atoms with E-state index in [-0.39, 0.29) is 0 Å². The first-order chi connectivity index (χ1) is 12.8. The zero-order valence-electron chi connectivity index (χ0n) is 14.4. The maximum atomic E-state index is 12.8. The molecule has 4 rings (SSSR count). The number of aromatic nitrogens is 3. The van der Waals surface area contributed by atoms with Gasteiger partial charge in [-0.3, -0.25) is 5.10 Å². The third-order valence-electron chi connectivity index (χ3n) is 4.62. The lowest BCUT2D eigenvalue weighted by atomic mass is 9.93. The van der Waals surface area contributed by atoms with Gasteiger partial charge in [0.2, 0.25) is 0 Å². The second-order valence-electron chi connectivity index (χ2n) is 6.50. The Labute approximate surface area is 152 Å². The van der Waals surface area contributed by atoms with E-state index in [0.717, 1.165) is 10.9 Å². The standard InChI is InChI=1S/C18H17F3N4O2/c1-2-27-12-3-4-14-13(8-12)16(24-23-14)11-5-6-22-15(7-11)25-9-17(26,10-25)18(19,20)21/h3-8,26H,2,9-10H2,1H3,(H,23,24). The van der Waals surface area contributed by atoms with Crippen molar-refractivity contribution >= 4 is 16.7 Å². The first kappa shape index (κ1) is 17.6. The third kappa shape index (κ3) is 2.97. The van der Waals surface area contributed by atoms with E-state index in [1.165, 1.54) is 11.1 Å². The second kappa shape index (κ2) is 6.12. The Bertz CT molecular complexity index is 980. The molecule has 0 saturated carbocycles. The maximum absolute atomic E-state index is 12.8. The van der Waals surface area contributed by atoms with Gasteiger partial charge in [-0.25, -0.2) is 4.98 Å². The lowest BCUT2D eigenvalue weighted by molar-refractivity contribution is -0.267. The van der Waals surface area contributed by atoms with Crippen LogP contribution in [0.3, 0.4) is 0 Å². The minimum Gasteiger partial charge on any atom is -0.494 e. The Morgan fingerprint density at radius 2 is 2.04 bits per heavy atom. The molecule has 0 radical (unpaired) electrons. The molecule has 6 nitrogen and oxygen atoms in total. The van der Waals surface area contributed by atoms with Gasteiger partial charge in [0.25, 0.3) is 0 Å². The predicted molar refractivity (Wildman–Crippen MR) is 93.7 cm³/mol. The van der Waals surface area contributed by atoms with Crippen LogP contribution in [0.25, 0.3) is 22.2 Å². The number of β-amino-alcohol motifs (C(OH)–C–C–N with tert-alkyl or cyclic N) is 1. The highest BCUT2D eigenvalue weighted by molar-refractivity contribution is 5.94. The Morgan fingerprint density at radius 3 is 2.74 bits per heavy atom. The lowest BCUT2D eigenvalue weighted by Crippen LogP contribution is -2.69. The summed E-state index contributed by atoms with van der Waals surface area (Å²) in [6.07, 6.45) is -3.14. The fraction of sp³-hybridized carbons (Fsp3) is 0.333. The number of pyridine rings is 1. The average Bonchev–Trinajstić information content (AvgIpc) is 3.01. The molecule has 0 spiro atoms. The molecule has 142 valence electrons. The van der Waals surface area contributed by atoms with Crippen molar-refractivity contribution in [3.8, 4) is 17.0 Å². The molecule has 0 unspecified atom stereocenters. The van der Waals surface area contributed by atoms with Crippen LogP contribution >= 0.6 is 0 Å². The number of hydrogen-bond donors (Lipinski definition) is 2. The molecule has 0 bridgehead atoms. The molecule has 9 heteroatoms. The van der Waals surface area contributed by atoms with Gasteiger partial charge in [-0.2, -0.15) is 18.3 Å². The van der Waals surface area contributed by atoms with Crippen LogP contribution < -0.4 is 9.64 Å². The van der Waals surface area contributed by atoms with E-state index in [1.807, 2.05) is 25.1 Å². The van der Waals surface area contributed by atoms with E-state index in [4.69, 9.17) is 4.74 Å². The second-order valence-corrected chi connectivity index (χ2v) is 6.50. The van der Waals surface area contributed by atoms with Crippen LogP contribution in [-0.2, 0) is 0 Å². The summed E-state index contributed by atoms with van der Waals surface area (Å²) in [4.78, 5) is 5.52. The molecular formula is C18H17F3N4O2. The minimum atomic E-state index is -4.66. The van der Waals surface area contributed by atoms with E-state index < -0.39 is 24.9 Å². The summed E-state index contributed by atoms with van der Waals surface area (Å²) in [6.45, 7) is 1.35. The Morgan fingerprint density at radius 1 is 1.26 bits per heavy atom. The van der Waals surface area contributed by atoms with Gasteiger partial charge < -0.3 is 14.7 Å². The number of benzene rings is 1. The molecule has 1 saturated heterocycles. The first-order valence-electron chi connectivity index (χ1n) is 8.42. The summed E-state index contributed by atoms with van der Waals surface area (Å²) >= 11 is 0. The first-order valence-corrected chi connectivity index (χ1v) is 8.42. The SMILES string of the molecule is CCOc1ccc2[nH]nc(-c3ccnc(N4CC(O)(C(F)(F)F)C4)c3)c2c1. The Hall–Kier alpha value is -2.81. The van der Waals surface area contributed by atoms with Crippen LogP contribution in [0.2, 0.25) is 0 Å².